The third-order valence-electron chi connectivity index (χ3n) is 4.97. The molecule has 0 bridgehead atoms. The summed E-state index contributed by atoms with van der Waals surface area (Å²) in [5, 5.41) is 16.2. The number of rotatable bonds is 6. The molecule has 2 aromatic rings. The molecule has 0 aliphatic carbocycles. The average molecular weight is 402 g/mol. The molecule has 148 valence electrons. The van der Waals surface area contributed by atoms with E-state index in [1.54, 1.807) is 12.3 Å². The molecule has 1 aliphatic heterocycles. The maximum atomic E-state index is 12.6. The van der Waals surface area contributed by atoms with E-state index in [9.17, 15) is 4.79 Å². The number of carbonyl (C=O) groups excluding carboxylic acids is 1. The van der Waals surface area contributed by atoms with Gasteiger partial charge in [-0.2, -0.15) is 10.4 Å². The molecule has 28 heavy (non-hydrogen) atoms. The van der Waals surface area contributed by atoms with E-state index in [0.29, 0.717) is 34.9 Å². The second-order valence-electron chi connectivity index (χ2n) is 6.98. The van der Waals surface area contributed by atoms with Crippen LogP contribution in [0, 0.1) is 11.3 Å². The number of pyridine rings is 1. The van der Waals surface area contributed by atoms with Gasteiger partial charge in [0, 0.05) is 32.9 Å². The predicted octanol–water partition coefficient (Wildman–Crippen LogP) is 2.61. The van der Waals surface area contributed by atoms with Crippen LogP contribution in [0.1, 0.15) is 47.3 Å². The second-order valence-corrected chi connectivity index (χ2v) is 7.39. The summed E-state index contributed by atoms with van der Waals surface area (Å²) >= 11 is 6.40. The third-order valence-corrected chi connectivity index (χ3v) is 5.25. The number of nitrogens with two attached hydrogens (primary N) is 1. The van der Waals surface area contributed by atoms with Crippen molar-refractivity contribution in [2.24, 2.45) is 0 Å². The lowest BCUT2D eigenvalue weighted by molar-refractivity contribution is 0.0724. The number of amides is 1. The molecular formula is C19H24ClN7O. The van der Waals surface area contributed by atoms with Crippen molar-refractivity contribution in [3.63, 3.8) is 0 Å². The topological polar surface area (TPSA) is 115 Å². The van der Waals surface area contributed by atoms with Gasteiger partial charge in [-0.1, -0.05) is 11.6 Å². The minimum atomic E-state index is -0.0100. The van der Waals surface area contributed by atoms with Crippen LogP contribution in [0.2, 0.25) is 5.02 Å². The maximum Gasteiger partial charge on any atom is 0.255 e. The summed E-state index contributed by atoms with van der Waals surface area (Å²) < 4.78 is 0. The van der Waals surface area contributed by atoms with Crippen LogP contribution in [0.4, 0.5) is 11.6 Å². The summed E-state index contributed by atoms with van der Waals surface area (Å²) in [6, 6.07) is 3.76. The number of aromatic nitrogens is 3. The molecule has 1 aliphatic rings. The van der Waals surface area contributed by atoms with E-state index >= 15 is 0 Å². The van der Waals surface area contributed by atoms with E-state index in [2.05, 4.69) is 21.3 Å². The smallest absolute Gasteiger partial charge is 0.255 e. The van der Waals surface area contributed by atoms with Gasteiger partial charge in [0.2, 0.25) is 0 Å². The zero-order chi connectivity index (χ0) is 20.1. The molecule has 9 heteroatoms. The molecule has 0 radical (unpaired) electrons. The first-order valence-corrected chi connectivity index (χ1v) is 9.78. The number of piperidine rings is 1. The number of aromatic amines is 1. The Hall–Kier alpha value is -2.79. The van der Waals surface area contributed by atoms with Crippen LogP contribution in [-0.2, 0) is 6.42 Å². The lowest BCUT2D eigenvalue weighted by Crippen LogP contribution is -2.35. The largest absolute Gasteiger partial charge is 0.381 e. The number of anilines is 2. The molecule has 3 N–H and O–H groups in total. The number of hydrogen-bond donors (Lipinski definition) is 2. The van der Waals surface area contributed by atoms with E-state index in [1.807, 2.05) is 16.8 Å². The molecule has 2 aromatic heterocycles. The van der Waals surface area contributed by atoms with Gasteiger partial charge in [-0.15, -0.1) is 0 Å². The van der Waals surface area contributed by atoms with Crippen molar-refractivity contribution in [1.82, 2.24) is 20.1 Å². The van der Waals surface area contributed by atoms with E-state index in [0.717, 1.165) is 38.0 Å². The Morgan fingerprint density at radius 1 is 1.43 bits per heavy atom. The molecule has 0 atom stereocenters. The second kappa shape index (κ2) is 8.93. The van der Waals surface area contributed by atoms with Crippen LogP contribution >= 0.6 is 11.6 Å². The van der Waals surface area contributed by atoms with Crippen molar-refractivity contribution in [3.05, 3.63) is 34.1 Å². The van der Waals surface area contributed by atoms with Crippen LogP contribution in [0.3, 0.4) is 0 Å². The molecule has 1 fully saturated rings. The van der Waals surface area contributed by atoms with Gasteiger partial charge in [0.25, 0.3) is 5.91 Å². The fourth-order valence-electron chi connectivity index (χ4n) is 3.41. The number of aryl methyl sites for hydroxylation is 1. The maximum absolute atomic E-state index is 12.6. The highest BCUT2D eigenvalue weighted by atomic mass is 35.5. The predicted molar refractivity (Wildman–Crippen MR) is 108 cm³/mol. The summed E-state index contributed by atoms with van der Waals surface area (Å²) in [5.74, 6) is 0.843. The Labute approximate surface area is 169 Å². The molecule has 0 unspecified atom stereocenters. The van der Waals surface area contributed by atoms with Gasteiger partial charge < -0.3 is 15.5 Å². The molecule has 8 nitrogen and oxygen atoms in total. The summed E-state index contributed by atoms with van der Waals surface area (Å²) in [4.78, 5) is 20.8. The highest BCUT2D eigenvalue weighted by molar-refractivity contribution is 6.33. The van der Waals surface area contributed by atoms with Gasteiger partial charge in [0.05, 0.1) is 16.3 Å². The Balaban J connectivity index is 1.60. The van der Waals surface area contributed by atoms with Crippen molar-refractivity contribution in [2.45, 2.75) is 32.1 Å². The zero-order valence-electron chi connectivity index (χ0n) is 15.9. The average Bonchev–Trinajstić information content (AvgIpc) is 3.07. The fourth-order valence-corrected chi connectivity index (χ4v) is 3.72. The van der Waals surface area contributed by atoms with Gasteiger partial charge >= 0.3 is 0 Å². The van der Waals surface area contributed by atoms with Gasteiger partial charge in [0.1, 0.15) is 17.5 Å². The van der Waals surface area contributed by atoms with Crippen molar-refractivity contribution >= 4 is 29.1 Å². The van der Waals surface area contributed by atoms with E-state index < -0.39 is 0 Å². The van der Waals surface area contributed by atoms with Gasteiger partial charge in [0.15, 0.2) is 5.82 Å². The molecule has 0 spiro atoms. The van der Waals surface area contributed by atoms with Crippen LogP contribution in [-0.4, -0.2) is 52.7 Å². The summed E-state index contributed by atoms with van der Waals surface area (Å²) in [7, 11) is 1.90. The number of halogens is 1. The third kappa shape index (κ3) is 4.37. The number of carbonyl (C=O) groups is 1. The number of nitriles is 1. The van der Waals surface area contributed by atoms with E-state index in [4.69, 9.17) is 22.6 Å². The van der Waals surface area contributed by atoms with Crippen LogP contribution in [0.15, 0.2) is 12.3 Å². The number of H-pyrrole nitrogens is 1. The van der Waals surface area contributed by atoms with Gasteiger partial charge in [-0.05, 0) is 38.2 Å². The number of hydrogen-bond acceptors (Lipinski definition) is 6. The number of likely N-dealkylation sites (tertiary alicyclic amines) is 1. The van der Waals surface area contributed by atoms with Gasteiger partial charge in [-0.25, -0.2) is 4.98 Å². The quantitative estimate of drug-likeness (QED) is 0.768. The fraction of sp³-hybridized carbons (Fsp3) is 0.474. The molecule has 0 saturated carbocycles. The minimum absolute atomic E-state index is 0.0100. The number of nitrogen functional groups attached to an aromatic ring is 1. The van der Waals surface area contributed by atoms with Gasteiger partial charge in [-0.3, -0.25) is 9.89 Å². The highest BCUT2D eigenvalue weighted by Gasteiger charge is 2.20. The normalized spacial score (nSPS) is 14.0. The Bertz CT molecular complexity index is 883. The van der Waals surface area contributed by atoms with Crippen molar-refractivity contribution < 1.29 is 4.79 Å². The monoisotopic (exact) mass is 401 g/mol. The first-order valence-electron chi connectivity index (χ1n) is 9.40. The SMILES string of the molecule is CN(CCCc1[nH]nc(N)c1C#N)c1ncc(C(=O)N2CCCCC2)cc1Cl. The van der Waals surface area contributed by atoms with E-state index in [-0.39, 0.29) is 11.7 Å². The van der Waals surface area contributed by atoms with Crippen LogP contribution in [0.25, 0.3) is 0 Å². The highest BCUT2D eigenvalue weighted by Crippen LogP contribution is 2.25. The standard InChI is InChI=1S/C19H24ClN7O/c1-26(7-5-6-16-14(11-21)17(22)25-24-16)18-15(20)10-13(12-23-18)19(28)27-8-3-2-4-9-27/h10,12H,2-9H2,1H3,(H3,22,24,25). The van der Waals surface area contributed by atoms with Crippen LogP contribution < -0.4 is 10.6 Å². The summed E-state index contributed by atoms with van der Waals surface area (Å²) in [6.07, 6.45) is 6.26. The molecule has 3 heterocycles. The molecule has 1 saturated heterocycles. The number of nitrogens with one attached hydrogen (secondary N) is 1. The summed E-state index contributed by atoms with van der Waals surface area (Å²) in [5.41, 5.74) is 7.31. The minimum Gasteiger partial charge on any atom is -0.381 e. The molecular weight excluding hydrogens is 378 g/mol. The van der Waals surface area contributed by atoms with Crippen molar-refractivity contribution in [1.29, 1.82) is 5.26 Å². The Morgan fingerprint density at radius 2 is 2.18 bits per heavy atom. The first kappa shape index (κ1) is 20.0. The molecule has 3 rings (SSSR count). The van der Waals surface area contributed by atoms with Crippen molar-refractivity contribution in [3.8, 4) is 6.07 Å². The molecule has 0 aromatic carbocycles. The first-order chi connectivity index (χ1) is 13.5. The lowest BCUT2D eigenvalue weighted by atomic mass is 10.1. The summed E-state index contributed by atoms with van der Waals surface area (Å²) in [6.45, 7) is 2.26. The Kier molecular flexibility index (Phi) is 6.37. The Morgan fingerprint density at radius 3 is 2.86 bits per heavy atom. The van der Waals surface area contributed by atoms with E-state index in [1.165, 1.54) is 6.42 Å². The zero-order valence-corrected chi connectivity index (χ0v) is 16.7. The number of nitrogens with zero attached hydrogens (tertiary/aromatic N) is 5. The van der Waals surface area contributed by atoms with Crippen molar-refractivity contribution in [2.75, 3.05) is 37.3 Å². The lowest BCUT2D eigenvalue weighted by Gasteiger charge is -2.27. The molecule has 1 amide bonds. The van der Waals surface area contributed by atoms with Crippen LogP contribution in [0.5, 0.6) is 0 Å².